The molecule has 2 aromatic rings. The van der Waals surface area contributed by atoms with Gasteiger partial charge in [0.05, 0.1) is 31.0 Å². The smallest absolute Gasteiger partial charge is 0.246 e. The van der Waals surface area contributed by atoms with E-state index < -0.39 is 0 Å². The SMILES string of the molecule is C=CC(=O)N1[C@H](C)COC[C@H]1c1cc(Cl)cc(-c2ccnc(N)n2)c1. The third kappa shape index (κ3) is 3.65. The molecular weight excluding hydrogens is 340 g/mol. The second-order valence-electron chi connectivity index (χ2n) is 5.93. The van der Waals surface area contributed by atoms with E-state index in [1.807, 2.05) is 19.1 Å². The van der Waals surface area contributed by atoms with Crippen molar-refractivity contribution in [2.45, 2.75) is 19.0 Å². The van der Waals surface area contributed by atoms with Gasteiger partial charge in [0.25, 0.3) is 0 Å². The van der Waals surface area contributed by atoms with Gasteiger partial charge in [-0.2, -0.15) is 0 Å². The maximum Gasteiger partial charge on any atom is 0.246 e. The number of halogens is 1. The number of nitrogens with zero attached hydrogens (tertiary/aromatic N) is 3. The monoisotopic (exact) mass is 358 g/mol. The van der Waals surface area contributed by atoms with E-state index in [1.165, 1.54) is 6.08 Å². The van der Waals surface area contributed by atoms with Crippen LogP contribution in [0.4, 0.5) is 5.95 Å². The zero-order chi connectivity index (χ0) is 18.0. The van der Waals surface area contributed by atoms with Gasteiger partial charge in [-0.3, -0.25) is 4.79 Å². The number of aromatic nitrogens is 2. The van der Waals surface area contributed by atoms with Crippen LogP contribution in [0, 0.1) is 0 Å². The summed E-state index contributed by atoms with van der Waals surface area (Å²) in [7, 11) is 0. The van der Waals surface area contributed by atoms with E-state index in [-0.39, 0.29) is 23.9 Å². The van der Waals surface area contributed by atoms with Gasteiger partial charge < -0.3 is 15.4 Å². The highest BCUT2D eigenvalue weighted by molar-refractivity contribution is 6.31. The fourth-order valence-electron chi connectivity index (χ4n) is 3.04. The van der Waals surface area contributed by atoms with Gasteiger partial charge in [0.1, 0.15) is 0 Å². The number of amides is 1. The number of hydrogen-bond acceptors (Lipinski definition) is 5. The standard InChI is InChI=1S/C18H19ClN4O2/c1-3-17(24)23-11(2)9-25-10-16(23)13-6-12(7-14(19)8-13)15-4-5-21-18(20)22-15/h3-8,11,16H,1,9-10H2,2H3,(H2,20,21,22)/t11-,16+/m1/s1. The number of nitrogen functional groups attached to an aromatic ring is 1. The summed E-state index contributed by atoms with van der Waals surface area (Å²) in [5, 5.41) is 0.550. The Labute approximate surface area is 151 Å². The van der Waals surface area contributed by atoms with Crippen LogP contribution in [0.5, 0.6) is 0 Å². The lowest BCUT2D eigenvalue weighted by molar-refractivity contribution is -0.140. The summed E-state index contributed by atoms with van der Waals surface area (Å²) in [5.41, 5.74) is 8.03. The molecule has 1 amide bonds. The highest BCUT2D eigenvalue weighted by Gasteiger charge is 2.32. The fraction of sp³-hybridized carbons (Fsp3) is 0.278. The van der Waals surface area contributed by atoms with Crippen molar-refractivity contribution in [1.82, 2.24) is 14.9 Å². The minimum absolute atomic E-state index is 0.0543. The number of anilines is 1. The Hall–Kier alpha value is -2.44. The van der Waals surface area contributed by atoms with Gasteiger partial charge in [0.15, 0.2) is 0 Å². The molecular formula is C18H19ClN4O2. The summed E-state index contributed by atoms with van der Waals surface area (Å²) in [4.78, 5) is 22.2. The topological polar surface area (TPSA) is 81.3 Å². The average molecular weight is 359 g/mol. The van der Waals surface area contributed by atoms with Gasteiger partial charge in [0.2, 0.25) is 11.9 Å². The molecule has 2 N–H and O–H groups in total. The quantitative estimate of drug-likeness (QED) is 0.853. The maximum atomic E-state index is 12.3. The van der Waals surface area contributed by atoms with Crippen molar-refractivity contribution < 1.29 is 9.53 Å². The Morgan fingerprint density at radius 3 is 2.96 bits per heavy atom. The molecule has 0 saturated carbocycles. The van der Waals surface area contributed by atoms with Crippen LogP contribution < -0.4 is 5.73 Å². The summed E-state index contributed by atoms with van der Waals surface area (Å²) in [6, 6.07) is 7.05. The number of benzene rings is 1. The molecule has 2 atom stereocenters. The first-order chi connectivity index (χ1) is 12.0. The summed E-state index contributed by atoms with van der Waals surface area (Å²) in [5.74, 6) is 0.0608. The van der Waals surface area contributed by atoms with E-state index in [2.05, 4.69) is 16.5 Å². The number of carbonyl (C=O) groups excluding carboxylic acids is 1. The van der Waals surface area contributed by atoms with E-state index in [0.717, 1.165) is 11.1 Å². The summed E-state index contributed by atoms with van der Waals surface area (Å²) in [6.07, 6.45) is 2.92. The maximum absolute atomic E-state index is 12.3. The second-order valence-corrected chi connectivity index (χ2v) is 6.36. The van der Waals surface area contributed by atoms with Gasteiger partial charge in [-0.1, -0.05) is 18.2 Å². The molecule has 1 aromatic carbocycles. The zero-order valence-corrected chi connectivity index (χ0v) is 14.6. The molecule has 1 aliphatic rings. The molecule has 130 valence electrons. The van der Waals surface area contributed by atoms with Crippen molar-refractivity contribution in [3.63, 3.8) is 0 Å². The van der Waals surface area contributed by atoms with Crippen molar-refractivity contribution in [2.24, 2.45) is 0 Å². The average Bonchev–Trinajstić information content (AvgIpc) is 2.60. The zero-order valence-electron chi connectivity index (χ0n) is 13.9. The molecule has 1 saturated heterocycles. The molecule has 3 rings (SSSR count). The summed E-state index contributed by atoms with van der Waals surface area (Å²) >= 11 is 6.32. The molecule has 0 spiro atoms. The van der Waals surface area contributed by atoms with Gasteiger partial charge in [-0.15, -0.1) is 0 Å². The Morgan fingerprint density at radius 1 is 1.44 bits per heavy atom. The number of rotatable bonds is 3. The predicted octanol–water partition coefficient (Wildman–Crippen LogP) is 2.85. The molecule has 1 aromatic heterocycles. The summed E-state index contributed by atoms with van der Waals surface area (Å²) in [6.45, 7) is 6.44. The lowest BCUT2D eigenvalue weighted by atomic mass is 9.99. The Kier molecular flexibility index (Phi) is 5.01. The van der Waals surface area contributed by atoms with Crippen LogP contribution in [0.25, 0.3) is 11.3 Å². The van der Waals surface area contributed by atoms with Crippen molar-refractivity contribution in [3.8, 4) is 11.3 Å². The van der Waals surface area contributed by atoms with Crippen LogP contribution in [0.1, 0.15) is 18.5 Å². The number of carbonyl (C=O) groups is 1. The highest BCUT2D eigenvalue weighted by atomic mass is 35.5. The van der Waals surface area contributed by atoms with E-state index in [9.17, 15) is 4.79 Å². The Morgan fingerprint density at radius 2 is 2.24 bits per heavy atom. The third-order valence-electron chi connectivity index (χ3n) is 4.15. The number of hydrogen-bond donors (Lipinski definition) is 1. The molecule has 0 aliphatic carbocycles. The molecule has 6 nitrogen and oxygen atoms in total. The number of ether oxygens (including phenoxy) is 1. The molecule has 0 bridgehead atoms. The molecule has 7 heteroatoms. The van der Waals surface area contributed by atoms with E-state index >= 15 is 0 Å². The van der Waals surface area contributed by atoms with Crippen molar-refractivity contribution >= 4 is 23.5 Å². The first-order valence-corrected chi connectivity index (χ1v) is 8.29. The molecule has 25 heavy (non-hydrogen) atoms. The normalized spacial score (nSPS) is 20.3. The van der Waals surface area contributed by atoms with E-state index in [4.69, 9.17) is 22.1 Å². The second kappa shape index (κ2) is 7.21. The molecule has 1 fully saturated rings. The fourth-order valence-corrected chi connectivity index (χ4v) is 3.28. The van der Waals surface area contributed by atoms with Crippen LogP contribution in [0.3, 0.4) is 0 Å². The van der Waals surface area contributed by atoms with E-state index in [0.29, 0.717) is 23.9 Å². The number of morpholine rings is 1. The minimum Gasteiger partial charge on any atom is -0.377 e. The van der Waals surface area contributed by atoms with Gasteiger partial charge >= 0.3 is 0 Å². The first kappa shape index (κ1) is 17.4. The van der Waals surface area contributed by atoms with Gasteiger partial charge in [0, 0.05) is 16.8 Å². The molecule has 0 unspecified atom stereocenters. The minimum atomic E-state index is -0.245. The lowest BCUT2D eigenvalue weighted by Crippen LogP contribution is -2.48. The van der Waals surface area contributed by atoms with Crippen molar-refractivity contribution in [3.05, 3.63) is 53.7 Å². The Balaban J connectivity index is 2.04. The molecule has 2 heterocycles. The molecule has 0 radical (unpaired) electrons. The third-order valence-corrected chi connectivity index (χ3v) is 4.37. The van der Waals surface area contributed by atoms with E-state index in [1.54, 1.807) is 23.2 Å². The number of nitrogens with two attached hydrogens (primary N) is 1. The predicted molar refractivity (Wildman–Crippen MR) is 97.0 cm³/mol. The first-order valence-electron chi connectivity index (χ1n) is 7.91. The molecule has 1 aliphatic heterocycles. The highest BCUT2D eigenvalue weighted by Crippen LogP contribution is 2.32. The summed E-state index contributed by atoms with van der Waals surface area (Å²) < 4.78 is 5.66. The lowest BCUT2D eigenvalue weighted by Gasteiger charge is -2.40. The van der Waals surface area contributed by atoms with Crippen molar-refractivity contribution in [2.75, 3.05) is 18.9 Å². The van der Waals surface area contributed by atoms with Crippen LogP contribution in [-0.4, -0.2) is 40.0 Å². The van der Waals surface area contributed by atoms with Gasteiger partial charge in [-0.25, -0.2) is 9.97 Å². The Bertz CT molecular complexity index is 811. The van der Waals surface area contributed by atoms with Gasteiger partial charge in [-0.05, 0) is 42.8 Å². The van der Waals surface area contributed by atoms with Crippen LogP contribution in [0.15, 0.2) is 43.1 Å². The van der Waals surface area contributed by atoms with Crippen LogP contribution in [0.2, 0.25) is 5.02 Å². The van der Waals surface area contributed by atoms with Crippen LogP contribution in [-0.2, 0) is 9.53 Å². The largest absolute Gasteiger partial charge is 0.377 e. The van der Waals surface area contributed by atoms with Crippen LogP contribution >= 0.6 is 11.6 Å². The van der Waals surface area contributed by atoms with Crippen molar-refractivity contribution in [1.29, 1.82) is 0 Å².